The zero-order chi connectivity index (χ0) is 24.1. The van der Waals surface area contributed by atoms with Gasteiger partial charge in [-0.2, -0.15) is 0 Å². The van der Waals surface area contributed by atoms with Crippen molar-refractivity contribution in [3.63, 3.8) is 0 Å². The van der Waals surface area contributed by atoms with Crippen LogP contribution in [0.15, 0.2) is 54.6 Å². The normalized spacial score (nSPS) is 25.2. The van der Waals surface area contributed by atoms with Crippen molar-refractivity contribution in [2.45, 2.75) is 90.4 Å². The number of rotatable bonds is 7. The lowest BCUT2D eigenvalue weighted by Gasteiger charge is -2.25. The molecule has 0 amide bonds. The molecule has 2 aromatic rings. The molecule has 0 N–H and O–H groups in total. The highest BCUT2D eigenvalue weighted by molar-refractivity contribution is 5.37. The van der Waals surface area contributed by atoms with Crippen LogP contribution >= 0.6 is 0 Å². The summed E-state index contributed by atoms with van der Waals surface area (Å²) in [5, 5.41) is 0. The van der Waals surface area contributed by atoms with Gasteiger partial charge < -0.3 is 0 Å². The van der Waals surface area contributed by atoms with Crippen molar-refractivity contribution >= 4 is 0 Å². The minimum Gasteiger partial charge on any atom is -0.203 e. The average molecular weight is 463 g/mol. The van der Waals surface area contributed by atoms with Gasteiger partial charge in [-0.05, 0) is 105 Å². The molecule has 182 valence electrons. The maximum atomic E-state index is 14.4. The third-order valence-corrected chi connectivity index (χ3v) is 8.32. The summed E-state index contributed by atoms with van der Waals surface area (Å²) in [7, 11) is 0. The second-order valence-electron chi connectivity index (χ2n) is 10.6. The van der Waals surface area contributed by atoms with Gasteiger partial charge in [-0.25, -0.2) is 8.78 Å². The van der Waals surface area contributed by atoms with Gasteiger partial charge in [0.25, 0.3) is 0 Å². The number of hydrogen-bond acceptors (Lipinski definition) is 0. The highest BCUT2D eigenvalue weighted by atomic mass is 19.2. The van der Waals surface area contributed by atoms with Crippen LogP contribution in [0.5, 0.6) is 0 Å². The molecular formula is C32H40F2. The molecule has 2 atom stereocenters. The van der Waals surface area contributed by atoms with E-state index in [-0.39, 0.29) is 5.92 Å². The van der Waals surface area contributed by atoms with Gasteiger partial charge in [-0.15, -0.1) is 0 Å². The first kappa shape index (κ1) is 24.9. The molecule has 0 bridgehead atoms. The van der Waals surface area contributed by atoms with Gasteiger partial charge in [0.15, 0.2) is 11.6 Å². The van der Waals surface area contributed by atoms with Crippen LogP contribution in [-0.4, -0.2) is 0 Å². The SMILES string of the molecule is CCC1CCC(C=CCCc2ccc(C3C=CC(c4ccc(C)c(F)c4F)CC3)cc2C)CC1. The van der Waals surface area contributed by atoms with E-state index >= 15 is 0 Å². The third-order valence-electron chi connectivity index (χ3n) is 8.32. The van der Waals surface area contributed by atoms with Crippen molar-refractivity contribution in [2.24, 2.45) is 11.8 Å². The Morgan fingerprint density at radius 3 is 2.24 bits per heavy atom. The Morgan fingerprint density at radius 1 is 0.824 bits per heavy atom. The van der Waals surface area contributed by atoms with Gasteiger partial charge in [0.05, 0.1) is 0 Å². The molecule has 0 nitrogen and oxygen atoms in total. The topological polar surface area (TPSA) is 0 Å². The van der Waals surface area contributed by atoms with Crippen LogP contribution in [0.3, 0.4) is 0 Å². The summed E-state index contributed by atoms with van der Waals surface area (Å²) < 4.78 is 28.4. The second kappa shape index (κ2) is 11.5. The minimum atomic E-state index is -0.710. The van der Waals surface area contributed by atoms with Gasteiger partial charge >= 0.3 is 0 Å². The number of allylic oxidation sites excluding steroid dienone is 4. The molecule has 0 spiro atoms. The molecule has 0 aliphatic heterocycles. The van der Waals surface area contributed by atoms with E-state index in [0.29, 0.717) is 17.0 Å². The van der Waals surface area contributed by atoms with E-state index in [1.54, 1.807) is 19.1 Å². The van der Waals surface area contributed by atoms with Crippen molar-refractivity contribution in [3.05, 3.63) is 94.1 Å². The zero-order valence-corrected chi connectivity index (χ0v) is 21.1. The molecule has 0 radical (unpaired) electrons. The molecule has 34 heavy (non-hydrogen) atoms. The van der Waals surface area contributed by atoms with Gasteiger partial charge in [-0.3, -0.25) is 0 Å². The van der Waals surface area contributed by atoms with E-state index in [1.807, 2.05) is 0 Å². The maximum absolute atomic E-state index is 14.4. The highest BCUT2D eigenvalue weighted by Gasteiger charge is 2.23. The maximum Gasteiger partial charge on any atom is 0.162 e. The second-order valence-corrected chi connectivity index (χ2v) is 10.6. The third kappa shape index (κ3) is 5.88. The summed E-state index contributed by atoms with van der Waals surface area (Å²) in [6.07, 6.45) is 20.0. The van der Waals surface area contributed by atoms with Crippen LogP contribution in [0.2, 0.25) is 0 Å². The molecule has 2 aromatic carbocycles. The highest BCUT2D eigenvalue weighted by Crippen LogP contribution is 2.37. The number of halogens is 2. The molecule has 2 aliphatic rings. The van der Waals surface area contributed by atoms with Crippen molar-refractivity contribution in [2.75, 3.05) is 0 Å². The predicted octanol–water partition coefficient (Wildman–Crippen LogP) is 9.50. The molecule has 0 aromatic heterocycles. The standard InChI is InChI=1S/C32H40F2/c1-4-24-10-12-25(13-11-24)7-5-6-8-26-14-19-29(21-23(26)3)27-15-17-28(18-16-27)30-20-9-22(2)31(33)32(30)34/h5,7,9,14-15,17,19-21,24-25,27-28H,4,6,8,10-13,16,18H2,1-3H3. The van der Waals surface area contributed by atoms with E-state index in [4.69, 9.17) is 0 Å². The molecule has 0 saturated heterocycles. The van der Waals surface area contributed by atoms with Gasteiger partial charge in [-0.1, -0.05) is 68.0 Å². The zero-order valence-electron chi connectivity index (χ0n) is 21.1. The van der Waals surface area contributed by atoms with E-state index in [9.17, 15) is 8.78 Å². The van der Waals surface area contributed by atoms with Crippen LogP contribution in [0.1, 0.15) is 97.9 Å². The predicted molar refractivity (Wildman–Crippen MR) is 139 cm³/mol. The van der Waals surface area contributed by atoms with Crippen molar-refractivity contribution < 1.29 is 8.78 Å². The molecule has 1 saturated carbocycles. The van der Waals surface area contributed by atoms with E-state index < -0.39 is 11.6 Å². The molecular weight excluding hydrogens is 422 g/mol. The lowest BCUT2D eigenvalue weighted by atomic mass is 9.80. The smallest absolute Gasteiger partial charge is 0.162 e. The van der Waals surface area contributed by atoms with Crippen LogP contribution in [-0.2, 0) is 6.42 Å². The average Bonchev–Trinajstić information content (AvgIpc) is 2.86. The van der Waals surface area contributed by atoms with Gasteiger partial charge in [0.2, 0.25) is 0 Å². The molecule has 2 unspecified atom stereocenters. The quantitative estimate of drug-likeness (QED) is 0.359. The Bertz CT molecular complexity index is 1020. The Labute approximate surface area is 205 Å². The fraction of sp³-hybridized carbons (Fsp3) is 0.500. The Balaban J connectivity index is 1.31. The Kier molecular flexibility index (Phi) is 8.40. The van der Waals surface area contributed by atoms with E-state index in [0.717, 1.165) is 37.5 Å². The monoisotopic (exact) mass is 462 g/mol. The molecule has 2 aliphatic carbocycles. The summed E-state index contributed by atoms with van der Waals surface area (Å²) in [4.78, 5) is 0. The molecule has 0 heterocycles. The first-order chi connectivity index (χ1) is 16.5. The fourth-order valence-corrected chi connectivity index (χ4v) is 5.85. The van der Waals surface area contributed by atoms with Crippen LogP contribution in [0.4, 0.5) is 8.78 Å². The molecule has 1 fully saturated rings. The number of benzene rings is 2. The van der Waals surface area contributed by atoms with Crippen molar-refractivity contribution in [1.82, 2.24) is 0 Å². The fourth-order valence-electron chi connectivity index (χ4n) is 5.85. The summed E-state index contributed by atoms with van der Waals surface area (Å²) in [6.45, 7) is 6.15. The first-order valence-corrected chi connectivity index (χ1v) is 13.3. The van der Waals surface area contributed by atoms with E-state index in [2.05, 4.69) is 56.4 Å². The number of hydrogen-bond donors (Lipinski definition) is 0. The Morgan fingerprint density at radius 2 is 1.56 bits per heavy atom. The van der Waals surface area contributed by atoms with Gasteiger partial charge in [0, 0.05) is 11.8 Å². The van der Waals surface area contributed by atoms with E-state index in [1.165, 1.54) is 48.8 Å². The summed E-state index contributed by atoms with van der Waals surface area (Å²) in [5.41, 5.74) is 4.96. The van der Waals surface area contributed by atoms with Crippen LogP contribution in [0, 0.1) is 37.3 Å². The number of aryl methyl sites for hydroxylation is 3. The van der Waals surface area contributed by atoms with Gasteiger partial charge in [0.1, 0.15) is 0 Å². The summed E-state index contributed by atoms with van der Waals surface area (Å²) in [5.74, 6) is 0.658. The first-order valence-electron chi connectivity index (χ1n) is 13.3. The lowest BCUT2D eigenvalue weighted by molar-refractivity contribution is 0.303. The van der Waals surface area contributed by atoms with Crippen LogP contribution in [0.25, 0.3) is 0 Å². The Hall–Kier alpha value is -2.22. The largest absolute Gasteiger partial charge is 0.203 e. The van der Waals surface area contributed by atoms with Crippen molar-refractivity contribution in [3.8, 4) is 0 Å². The summed E-state index contributed by atoms with van der Waals surface area (Å²) >= 11 is 0. The lowest BCUT2D eigenvalue weighted by Crippen LogP contribution is -2.12. The van der Waals surface area contributed by atoms with Crippen LogP contribution < -0.4 is 0 Å². The summed E-state index contributed by atoms with van der Waals surface area (Å²) in [6, 6.07) is 10.3. The minimum absolute atomic E-state index is 0.0458. The molecule has 2 heteroatoms. The van der Waals surface area contributed by atoms with Crippen molar-refractivity contribution in [1.29, 1.82) is 0 Å². The molecule has 4 rings (SSSR count).